The predicted molar refractivity (Wildman–Crippen MR) is 69.7 cm³/mol. The van der Waals surface area contributed by atoms with Gasteiger partial charge in [0.2, 0.25) is 0 Å². The first-order chi connectivity index (χ1) is 9.80. The number of hydrogen-bond donors (Lipinski definition) is 1. The van der Waals surface area contributed by atoms with E-state index in [-0.39, 0.29) is 16.7 Å². The first-order valence-corrected chi connectivity index (χ1v) is 7.06. The van der Waals surface area contributed by atoms with Crippen molar-refractivity contribution in [2.45, 2.75) is 37.7 Å². The summed E-state index contributed by atoms with van der Waals surface area (Å²) in [7, 11) is 0. The number of hydrogen-bond acceptors (Lipinski definition) is 2. The van der Waals surface area contributed by atoms with Gasteiger partial charge in [-0.2, -0.15) is 0 Å². The number of benzene rings is 1. The zero-order valence-corrected chi connectivity index (χ0v) is 11.5. The van der Waals surface area contributed by atoms with E-state index in [4.69, 9.17) is 0 Å². The monoisotopic (exact) mass is 303 g/mol. The molecule has 1 aliphatic heterocycles. The van der Waals surface area contributed by atoms with Crippen LogP contribution in [0.15, 0.2) is 24.3 Å². The van der Waals surface area contributed by atoms with Crippen LogP contribution in [0.1, 0.15) is 31.2 Å². The Labute approximate surface area is 120 Å². The van der Waals surface area contributed by atoms with Gasteiger partial charge in [-0.15, -0.1) is 13.2 Å². The van der Waals surface area contributed by atoms with E-state index in [2.05, 4.69) is 10.1 Å². The summed E-state index contributed by atoms with van der Waals surface area (Å²) in [4.78, 5) is 0. The van der Waals surface area contributed by atoms with Crippen molar-refractivity contribution in [1.29, 1.82) is 0 Å². The molecular weight excluding hydrogens is 286 g/mol. The van der Waals surface area contributed by atoms with E-state index in [0.29, 0.717) is 12.8 Å². The molecule has 3 rings (SSSR count). The van der Waals surface area contributed by atoms with Crippen molar-refractivity contribution in [2.24, 2.45) is 5.41 Å². The summed E-state index contributed by atoms with van der Waals surface area (Å²) >= 11 is 0. The van der Waals surface area contributed by atoms with Gasteiger partial charge in [0, 0.05) is 0 Å². The summed E-state index contributed by atoms with van der Waals surface area (Å²) < 4.78 is 55.5. The van der Waals surface area contributed by atoms with Crippen LogP contribution in [0.25, 0.3) is 0 Å². The van der Waals surface area contributed by atoms with E-state index in [0.717, 1.165) is 25.9 Å². The lowest BCUT2D eigenvalue weighted by molar-refractivity contribution is -0.274. The fourth-order valence-corrected chi connectivity index (χ4v) is 3.62. The molecule has 21 heavy (non-hydrogen) atoms. The third-order valence-electron chi connectivity index (χ3n) is 4.56. The van der Waals surface area contributed by atoms with Crippen LogP contribution in [-0.2, 0) is 5.67 Å². The highest BCUT2D eigenvalue weighted by atomic mass is 19.4. The SMILES string of the molecule is FC(F)(F)Oc1cccc(C2(F)CC3(CCNCC3)C2)c1. The number of nitrogens with one attached hydrogen (secondary N) is 1. The van der Waals surface area contributed by atoms with Crippen LogP contribution in [0, 0.1) is 5.41 Å². The zero-order chi connectivity index (χ0) is 15.1. The number of ether oxygens (including phenoxy) is 1. The van der Waals surface area contributed by atoms with Gasteiger partial charge in [-0.3, -0.25) is 0 Å². The van der Waals surface area contributed by atoms with Gasteiger partial charge in [-0.25, -0.2) is 4.39 Å². The molecule has 0 unspecified atom stereocenters. The molecule has 1 heterocycles. The average molecular weight is 303 g/mol. The molecule has 0 bridgehead atoms. The maximum atomic E-state index is 14.9. The van der Waals surface area contributed by atoms with Gasteiger partial charge >= 0.3 is 6.36 Å². The van der Waals surface area contributed by atoms with Crippen LogP contribution in [-0.4, -0.2) is 19.5 Å². The molecule has 6 heteroatoms. The van der Waals surface area contributed by atoms with E-state index in [1.807, 2.05) is 0 Å². The van der Waals surface area contributed by atoms with E-state index in [9.17, 15) is 17.6 Å². The van der Waals surface area contributed by atoms with Gasteiger partial charge in [-0.05, 0) is 61.9 Å². The highest BCUT2D eigenvalue weighted by Gasteiger charge is 2.56. The van der Waals surface area contributed by atoms with E-state index in [1.165, 1.54) is 24.3 Å². The second kappa shape index (κ2) is 4.87. The minimum atomic E-state index is -4.75. The minimum Gasteiger partial charge on any atom is -0.406 e. The molecule has 1 saturated carbocycles. The molecule has 1 aliphatic carbocycles. The van der Waals surface area contributed by atoms with Gasteiger partial charge in [0.25, 0.3) is 0 Å². The zero-order valence-electron chi connectivity index (χ0n) is 11.5. The fourth-order valence-electron chi connectivity index (χ4n) is 3.62. The Morgan fingerprint density at radius 1 is 1.10 bits per heavy atom. The standard InChI is InChI=1S/C15H17F4NO/c16-14(9-13(10-14)4-6-20-7-5-13)11-2-1-3-12(8-11)21-15(17,18)19/h1-3,8,20H,4-7,9-10H2. The molecule has 116 valence electrons. The van der Waals surface area contributed by atoms with E-state index in [1.54, 1.807) is 0 Å². The quantitative estimate of drug-likeness (QED) is 0.836. The second-order valence-electron chi connectivity index (χ2n) is 6.14. The molecule has 1 aromatic rings. The summed E-state index contributed by atoms with van der Waals surface area (Å²) in [5, 5.41) is 3.24. The molecular formula is C15H17F4NO. The molecule has 1 N–H and O–H groups in total. The average Bonchev–Trinajstić information content (AvgIpc) is 2.36. The van der Waals surface area contributed by atoms with Crippen molar-refractivity contribution >= 4 is 0 Å². The lowest BCUT2D eigenvalue weighted by atomic mass is 9.54. The van der Waals surface area contributed by atoms with Crippen LogP contribution in [0.4, 0.5) is 17.6 Å². The van der Waals surface area contributed by atoms with Gasteiger partial charge in [0.05, 0.1) is 0 Å². The summed E-state index contributed by atoms with van der Waals surface area (Å²) in [6.45, 7) is 1.76. The smallest absolute Gasteiger partial charge is 0.406 e. The fraction of sp³-hybridized carbons (Fsp3) is 0.600. The van der Waals surface area contributed by atoms with Crippen molar-refractivity contribution in [2.75, 3.05) is 13.1 Å². The largest absolute Gasteiger partial charge is 0.573 e. The van der Waals surface area contributed by atoms with Crippen molar-refractivity contribution in [1.82, 2.24) is 5.32 Å². The summed E-state index contributed by atoms with van der Waals surface area (Å²) in [5.41, 5.74) is -1.23. The molecule has 1 aromatic carbocycles. The highest BCUT2D eigenvalue weighted by Crippen LogP contribution is 2.60. The number of piperidine rings is 1. The molecule has 1 saturated heterocycles. The summed E-state index contributed by atoms with van der Waals surface area (Å²) in [5.74, 6) is -0.358. The number of alkyl halides is 4. The third-order valence-corrected chi connectivity index (χ3v) is 4.56. The van der Waals surface area contributed by atoms with Crippen molar-refractivity contribution < 1.29 is 22.3 Å². The van der Waals surface area contributed by atoms with Crippen LogP contribution in [0.2, 0.25) is 0 Å². The second-order valence-corrected chi connectivity index (χ2v) is 6.14. The van der Waals surface area contributed by atoms with Crippen molar-refractivity contribution in [3.63, 3.8) is 0 Å². The first kappa shape index (κ1) is 14.6. The van der Waals surface area contributed by atoms with Gasteiger partial charge in [0.1, 0.15) is 11.4 Å². The Kier molecular flexibility index (Phi) is 3.39. The van der Waals surface area contributed by atoms with E-state index >= 15 is 0 Å². The molecule has 0 aromatic heterocycles. The van der Waals surface area contributed by atoms with Gasteiger partial charge in [-0.1, -0.05) is 12.1 Å². The maximum absolute atomic E-state index is 14.9. The third kappa shape index (κ3) is 3.00. The van der Waals surface area contributed by atoms with Crippen molar-refractivity contribution in [3.8, 4) is 5.75 Å². The number of halogens is 4. The normalized spacial score (nSPS) is 23.6. The van der Waals surface area contributed by atoms with Crippen LogP contribution >= 0.6 is 0 Å². The first-order valence-electron chi connectivity index (χ1n) is 7.06. The summed E-state index contributed by atoms with van der Waals surface area (Å²) in [6.07, 6.45) is -2.12. The van der Waals surface area contributed by atoms with Crippen LogP contribution in [0.3, 0.4) is 0 Å². The molecule has 1 spiro atoms. The Morgan fingerprint density at radius 3 is 2.38 bits per heavy atom. The molecule has 0 radical (unpaired) electrons. The minimum absolute atomic E-state index is 0.0148. The Bertz CT molecular complexity index is 515. The Morgan fingerprint density at radius 2 is 1.76 bits per heavy atom. The van der Waals surface area contributed by atoms with Gasteiger partial charge in [0.15, 0.2) is 0 Å². The molecule has 0 amide bonds. The predicted octanol–water partition coefficient (Wildman–Crippen LogP) is 3.91. The molecule has 2 nitrogen and oxygen atoms in total. The maximum Gasteiger partial charge on any atom is 0.573 e. The molecule has 2 fully saturated rings. The lowest BCUT2D eigenvalue weighted by Crippen LogP contribution is -2.51. The Balaban J connectivity index is 1.74. The lowest BCUT2D eigenvalue weighted by Gasteiger charge is -2.54. The molecule has 0 atom stereocenters. The van der Waals surface area contributed by atoms with Crippen LogP contribution in [0.5, 0.6) is 5.75 Å². The summed E-state index contributed by atoms with van der Waals surface area (Å²) in [6, 6.07) is 5.31. The topological polar surface area (TPSA) is 21.3 Å². The van der Waals surface area contributed by atoms with Gasteiger partial charge < -0.3 is 10.1 Å². The van der Waals surface area contributed by atoms with Crippen LogP contribution < -0.4 is 10.1 Å². The van der Waals surface area contributed by atoms with Crippen molar-refractivity contribution in [3.05, 3.63) is 29.8 Å². The number of rotatable bonds is 2. The highest BCUT2D eigenvalue weighted by molar-refractivity contribution is 5.35. The molecule has 2 aliphatic rings. The van der Waals surface area contributed by atoms with E-state index < -0.39 is 12.0 Å². The Hall–Kier alpha value is -1.30.